The number of amides is 2. The maximum absolute atomic E-state index is 12.6. The first-order valence-electron chi connectivity index (χ1n) is 10.1. The normalized spacial score (nSPS) is 12.6. The fourth-order valence-corrected chi connectivity index (χ4v) is 4.17. The van der Waals surface area contributed by atoms with Crippen LogP contribution in [-0.4, -0.2) is 33.4 Å². The molecule has 10 heteroatoms. The summed E-state index contributed by atoms with van der Waals surface area (Å²) in [7, 11) is -3.84. The molecular formula is C23H21N3O6S. The van der Waals surface area contributed by atoms with Gasteiger partial charge in [0.1, 0.15) is 13.2 Å². The highest BCUT2D eigenvalue weighted by Crippen LogP contribution is 2.30. The Labute approximate surface area is 190 Å². The summed E-state index contributed by atoms with van der Waals surface area (Å²) < 4.78 is 38.6. The molecule has 33 heavy (non-hydrogen) atoms. The number of hydrazine groups is 1. The van der Waals surface area contributed by atoms with Gasteiger partial charge in [-0.1, -0.05) is 36.4 Å². The van der Waals surface area contributed by atoms with E-state index >= 15 is 0 Å². The van der Waals surface area contributed by atoms with Gasteiger partial charge in [-0.3, -0.25) is 20.4 Å². The molecule has 170 valence electrons. The van der Waals surface area contributed by atoms with E-state index < -0.39 is 21.8 Å². The first kappa shape index (κ1) is 22.3. The number of carbonyl (C=O) groups excluding carboxylic acids is 2. The smallest absolute Gasteiger partial charge is 0.269 e. The highest BCUT2D eigenvalue weighted by atomic mass is 32.2. The number of hydrogen-bond acceptors (Lipinski definition) is 6. The molecule has 4 rings (SSSR count). The zero-order chi connectivity index (χ0) is 23.3. The predicted octanol–water partition coefficient (Wildman–Crippen LogP) is 2.01. The van der Waals surface area contributed by atoms with Gasteiger partial charge in [0.05, 0.1) is 4.90 Å². The molecule has 0 aliphatic carbocycles. The molecule has 1 heterocycles. The zero-order valence-corrected chi connectivity index (χ0v) is 18.2. The second-order valence-electron chi connectivity index (χ2n) is 7.10. The summed E-state index contributed by atoms with van der Waals surface area (Å²) in [5.74, 6) is -0.239. The maximum atomic E-state index is 12.6. The number of sulfonamides is 1. The Kier molecular flexibility index (Phi) is 6.57. The molecule has 0 fully saturated rings. The molecular weight excluding hydrogens is 446 g/mol. The molecule has 3 aromatic carbocycles. The highest BCUT2D eigenvalue weighted by molar-refractivity contribution is 7.89. The molecule has 1 aliphatic heterocycles. The standard InChI is InChI=1S/C23H21N3O6S/c27-22(25-26-23(28)18-9-10-20-21(14-18)32-12-11-31-20)17-7-4-8-19(13-17)33(29,30)24-15-16-5-2-1-3-6-16/h1-10,13-14,24H,11-12,15H2,(H,25,27)(H,26,28). The van der Waals surface area contributed by atoms with Crippen LogP contribution in [0.3, 0.4) is 0 Å². The van der Waals surface area contributed by atoms with Crippen molar-refractivity contribution in [1.29, 1.82) is 0 Å². The minimum Gasteiger partial charge on any atom is -0.486 e. The number of ether oxygens (including phenoxy) is 2. The minimum atomic E-state index is -3.84. The van der Waals surface area contributed by atoms with Gasteiger partial charge >= 0.3 is 0 Å². The Hall–Kier alpha value is -3.89. The highest BCUT2D eigenvalue weighted by Gasteiger charge is 2.18. The Balaban J connectivity index is 1.38. The van der Waals surface area contributed by atoms with Gasteiger partial charge < -0.3 is 9.47 Å². The lowest BCUT2D eigenvalue weighted by Gasteiger charge is -2.18. The fraction of sp³-hybridized carbons (Fsp3) is 0.130. The van der Waals surface area contributed by atoms with Crippen molar-refractivity contribution in [2.45, 2.75) is 11.4 Å². The number of benzene rings is 3. The molecule has 0 aromatic heterocycles. The molecule has 0 bridgehead atoms. The lowest BCUT2D eigenvalue weighted by molar-refractivity contribution is 0.0846. The van der Waals surface area contributed by atoms with E-state index in [0.29, 0.717) is 24.7 Å². The van der Waals surface area contributed by atoms with Crippen LogP contribution in [0.2, 0.25) is 0 Å². The van der Waals surface area contributed by atoms with Crippen molar-refractivity contribution in [3.8, 4) is 11.5 Å². The predicted molar refractivity (Wildman–Crippen MR) is 119 cm³/mol. The molecule has 0 unspecified atom stereocenters. The fourth-order valence-electron chi connectivity index (χ4n) is 3.10. The van der Waals surface area contributed by atoms with Gasteiger partial charge in [-0.2, -0.15) is 0 Å². The summed E-state index contributed by atoms with van der Waals surface area (Å²) in [5.41, 5.74) is 5.73. The van der Waals surface area contributed by atoms with Crippen LogP contribution in [0.15, 0.2) is 77.7 Å². The molecule has 1 aliphatic rings. The van der Waals surface area contributed by atoms with Gasteiger partial charge in [0, 0.05) is 17.7 Å². The average Bonchev–Trinajstić information content (AvgIpc) is 2.86. The van der Waals surface area contributed by atoms with E-state index in [4.69, 9.17) is 9.47 Å². The number of nitrogens with one attached hydrogen (secondary N) is 3. The van der Waals surface area contributed by atoms with Crippen molar-refractivity contribution in [3.63, 3.8) is 0 Å². The van der Waals surface area contributed by atoms with Crippen LogP contribution in [0.1, 0.15) is 26.3 Å². The summed E-state index contributed by atoms with van der Waals surface area (Å²) in [6, 6.07) is 19.3. The Morgan fingerprint density at radius 3 is 2.15 bits per heavy atom. The first-order chi connectivity index (χ1) is 15.9. The third kappa shape index (κ3) is 5.48. The maximum Gasteiger partial charge on any atom is 0.269 e. The molecule has 2 amide bonds. The van der Waals surface area contributed by atoms with Crippen LogP contribution in [0, 0.1) is 0 Å². The molecule has 0 radical (unpaired) electrons. The Bertz CT molecular complexity index is 1280. The topological polar surface area (TPSA) is 123 Å². The number of hydrogen-bond donors (Lipinski definition) is 3. The molecule has 0 spiro atoms. The van der Waals surface area contributed by atoms with Crippen molar-refractivity contribution < 1.29 is 27.5 Å². The monoisotopic (exact) mass is 467 g/mol. The summed E-state index contributed by atoms with van der Waals surface area (Å²) in [6.07, 6.45) is 0. The van der Waals surface area contributed by atoms with E-state index in [1.54, 1.807) is 24.3 Å². The largest absolute Gasteiger partial charge is 0.486 e. The summed E-state index contributed by atoms with van der Waals surface area (Å²) >= 11 is 0. The van der Waals surface area contributed by atoms with Gasteiger partial charge in [-0.05, 0) is 42.0 Å². The van der Waals surface area contributed by atoms with Crippen LogP contribution >= 0.6 is 0 Å². The van der Waals surface area contributed by atoms with E-state index in [9.17, 15) is 18.0 Å². The molecule has 0 saturated carbocycles. The minimum absolute atomic E-state index is 0.0655. The van der Waals surface area contributed by atoms with E-state index in [2.05, 4.69) is 15.6 Å². The average molecular weight is 468 g/mol. The van der Waals surface area contributed by atoms with Crippen molar-refractivity contribution in [3.05, 3.63) is 89.5 Å². The third-order valence-electron chi connectivity index (χ3n) is 4.81. The number of carbonyl (C=O) groups is 2. The quantitative estimate of drug-likeness (QED) is 0.477. The van der Waals surface area contributed by atoms with E-state index in [1.165, 1.54) is 30.3 Å². The molecule has 9 nitrogen and oxygen atoms in total. The van der Waals surface area contributed by atoms with Gasteiger partial charge in [0.15, 0.2) is 11.5 Å². The van der Waals surface area contributed by atoms with Crippen LogP contribution in [0.5, 0.6) is 11.5 Å². The van der Waals surface area contributed by atoms with E-state index in [1.807, 2.05) is 18.2 Å². The second kappa shape index (κ2) is 9.72. The lowest BCUT2D eigenvalue weighted by atomic mass is 10.2. The van der Waals surface area contributed by atoms with Crippen molar-refractivity contribution in [1.82, 2.24) is 15.6 Å². The number of rotatable bonds is 6. The number of fused-ring (bicyclic) bond motifs is 1. The first-order valence-corrected chi connectivity index (χ1v) is 11.5. The molecule has 3 N–H and O–H groups in total. The summed E-state index contributed by atoms with van der Waals surface area (Å²) in [5, 5.41) is 0. The summed E-state index contributed by atoms with van der Waals surface area (Å²) in [4.78, 5) is 24.8. The van der Waals surface area contributed by atoms with Crippen molar-refractivity contribution in [2.24, 2.45) is 0 Å². The van der Waals surface area contributed by atoms with Crippen LogP contribution < -0.4 is 25.0 Å². The van der Waals surface area contributed by atoms with Crippen molar-refractivity contribution in [2.75, 3.05) is 13.2 Å². The van der Waals surface area contributed by atoms with Crippen LogP contribution in [-0.2, 0) is 16.6 Å². The van der Waals surface area contributed by atoms with Crippen LogP contribution in [0.25, 0.3) is 0 Å². The van der Waals surface area contributed by atoms with E-state index in [0.717, 1.165) is 5.56 Å². The van der Waals surface area contributed by atoms with Crippen LogP contribution in [0.4, 0.5) is 0 Å². The zero-order valence-electron chi connectivity index (χ0n) is 17.4. The summed E-state index contributed by atoms with van der Waals surface area (Å²) in [6.45, 7) is 0.935. The Morgan fingerprint density at radius 2 is 1.42 bits per heavy atom. The van der Waals surface area contributed by atoms with Gasteiger partial charge in [-0.25, -0.2) is 13.1 Å². The Morgan fingerprint density at radius 1 is 0.758 bits per heavy atom. The van der Waals surface area contributed by atoms with Crippen molar-refractivity contribution >= 4 is 21.8 Å². The van der Waals surface area contributed by atoms with Gasteiger partial charge in [-0.15, -0.1) is 0 Å². The molecule has 3 aromatic rings. The third-order valence-corrected chi connectivity index (χ3v) is 6.21. The molecule has 0 atom stereocenters. The molecule has 0 saturated heterocycles. The lowest BCUT2D eigenvalue weighted by Crippen LogP contribution is -2.41. The van der Waals surface area contributed by atoms with Gasteiger partial charge in [0.25, 0.3) is 11.8 Å². The van der Waals surface area contributed by atoms with Gasteiger partial charge in [0.2, 0.25) is 10.0 Å². The SMILES string of the molecule is O=C(NNC(=O)c1ccc2c(c1)OCCO2)c1cccc(S(=O)(=O)NCc2ccccc2)c1. The second-order valence-corrected chi connectivity index (χ2v) is 8.87. The van der Waals surface area contributed by atoms with E-state index in [-0.39, 0.29) is 22.6 Å².